The molecule has 0 N–H and O–H groups in total. The third-order valence-electron chi connectivity index (χ3n) is 22.8. The third-order valence-corrected chi connectivity index (χ3v) is 22.8. The summed E-state index contributed by atoms with van der Waals surface area (Å²) in [6.07, 6.45) is 0. The van der Waals surface area contributed by atoms with Crippen molar-refractivity contribution in [2.75, 3.05) is 9.80 Å². The number of para-hydroxylation sites is 4. The van der Waals surface area contributed by atoms with E-state index in [0.717, 1.165) is 0 Å². The van der Waals surface area contributed by atoms with Crippen LogP contribution in [-0.4, -0.2) is 13.4 Å². The number of benzene rings is 14. The van der Waals surface area contributed by atoms with Gasteiger partial charge in [0, 0.05) is 33.9 Å². The van der Waals surface area contributed by atoms with Crippen LogP contribution in [0.5, 0.6) is 0 Å². The summed E-state index contributed by atoms with van der Waals surface area (Å²) in [6, 6.07) is 94.9. The molecule has 14 aromatic rings. The number of hydrogen-bond acceptors (Lipinski definition) is 2. The number of rotatable bonds is 12. The molecule has 4 heteroatoms. The molecule has 4 aliphatic heterocycles. The van der Waals surface area contributed by atoms with E-state index in [-0.39, 0.29) is 37.1 Å². The molecule has 98 heavy (non-hydrogen) atoms. The molecular weight excluding hydrogens is 1180 g/mol. The minimum Gasteiger partial charge on any atom is -0.311 e. The molecule has 0 bridgehead atoms. The second-order valence-corrected chi connectivity index (χ2v) is 30.4. The zero-order chi connectivity index (χ0) is 66.8. The lowest BCUT2D eigenvalue weighted by atomic mass is 9.31. The van der Waals surface area contributed by atoms with Crippen molar-refractivity contribution in [2.24, 2.45) is 0 Å². The van der Waals surface area contributed by atoms with Gasteiger partial charge in [-0.05, 0) is 227 Å². The van der Waals surface area contributed by atoms with Gasteiger partial charge in [0.1, 0.15) is 0 Å². The lowest BCUT2D eigenvalue weighted by molar-refractivity contribution is 0.807. The Bertz CT molecular complexity index is 5210. The summed E-state index contributed by atoms with van der Waals surface area (Å²) < 4.78 is 0. The minimum absolute atomic E-state index is 0.0686. The predicted octanol–water partition coefficient (Wildman–Crippen LogP) is 22.6. The second kappa shape index (κ2) is 22.7. The van der Waals surface area contributed by atoms with Crippen LogP contribution in [0.4, 0.5) is 34.1 Å². The first kappa shape index (κ1) is 60.3. The van der Waals surface area contributed by atoms with Gasteiger partial charge >= 0.3 is 0 Å². The lowest BCUT2D eigenvalue weighted by Crippen LogP contribution is -2.60. The Kier molecular flexibility index (Phi) is 14.0. The third kappa shape index (κ3) is 8.75. The van der Waals surface area contributed by atoms with E-state index < -0.39 is 0 Å². The topological polar surface area (TPSA) is 6.48 Å². The SMILES string of the molecule is CC(C)c1cc(C(C)C)c(-c2cc3c4c(cc5c(-c6c(C(C)C)cc(C(C)C)cc6C(C)C)cc6c7c(cc2c4c57)B2c4ccccc4N(c4ccccc4-c4ccccc4)c4cccc-6c42)B2c4ccccc4N(c4ccccc4-c4ccccc4)c4cccc-3c42)c(C(C)C)c1. The van der Waals surface area contributed by atoms with Crippen LogP contribution < -0.4 is 42.6 Å². The van der Waals surface area contributed by atoms with Crippen LogP contribution in [0.1, 0.15) is 152 Å². The van der Waals surface area contributed by atoms with Crippen molar-refractivity contribution in [3.63, 3.8) is 0 Å². The molecule has 0 radical (unpaired) electrons. The summed E-state index contributed by atoms with van der Waals surface area (Å²) in [6.45, 7) is 28.9. The average Bonchev–Trinajstić information content (AvgIpc) is 0.665. The first-order valence-corrected chi connectivity index (χ1v) is 36.2. The molecule has 0 fully saturated rings. The summed E-state index contributed by atoms with van der Waals surface area (Å²) in [5.74, 6) is 1.78. The standard InChI is InChI=1S/C94H82B2N2/c1-53(2)61-45-67(55(5)6)87(68(46-61)56(7)8)73-49-71-65-35-27-43-85-93(65)96(78-38-22-26-42-84(78)97(85)81-39-23-19-33-63(81)59-29-15-13-16-30-59)80-52-76-74(88-69(57(9)10)47-62(54(3)4)48-70(88)58(11)12)50-72-66-36-28-44-86-94(66)95(79-51-75(73)91(89(71)80)92(76)90(72)79)77-37-21-25-41-83(77)98(86)82-40-24-20-34-64(82)60-31-17-14-18-32-60/h13-58H,1-12H3. The highest BCUT2D eigenvalue weighted by molar-refractivity contribution is 7.02. The van der Waals surface area contributed by atoms with Crippen LogP contribution >= 0.6 is 0 Å². The van der Waals surface area contributed by atoms with Crippen molar-refractivity contribution in [3.8, 4) is 66.8 Å². The quantitative estimate of drug-likeness (QED) is 0.0889. The molecule has 474 valence electrons. The molecule has 0 aromatic heterocycles. The highest BCUT2D eigenvalue weighted by atomic mass is 15.2. The van der Waals surface area contributed by atoms with Gasteiger partial charge in [0.2, 0.25) is 13.4 Å². The van der Waals surface area contributed by atoms with Crippen LogP contribution in [0.2, 0.25) is 0 Å². The van der Waals surface area contributed by atoms with Gasteiger partial charge in [-0.15, -0.1) is 0 Å². The molecule has 0 amide bonds. The largest absolute Gasteiger partial charge is 0.311 e. The summed E-state index contributed by atoms with van der Waals surface area (Å²) in [5.41, 5.74) is 39.6. The molecule has 2 nitrogen and oxygen atoms in total. The van der Waals surface area contributed by atoms with Crippen molar-refractivity contribution in [2.45, 2.75) is 119 Å². The molecule has 4 aliphatic rings. The second-order valence-electron chi connectivity index (χ2n) is 30.4. The molecule has 0 saturated heterocycles. The smallest absolute Gasteiger partial charge is 0.248 e. The van der Waals surface area contributed by atoms with Crippen LogP contribution in [0.25, 0.3) is 99.1 Å². The number of hydrogen-bond donors (Lipinski definition) is 0. The van der Waals surface area contributed by atoms with Gasteiger partial charge < -0.3 is 9.80 Å². The van der Waals surface area contributed by atoms with E-state index in [1.54, 1.807) is 0 Å². The Hall–Kier alpha value is -10.2. The fraction of sp³-hybridized carbons (Fsp3) is 0.191. The zero-order valence-electron chi connectivity index (χ0n) is 58.6. The van der Waals surface area contributed by atoms with Gasteiger partial charge in [-0.3, -0.25) is 0 Å². The van der Waals surface area contributed by atoms with E-state index >= 15 is 0 Å². The minimum atomic E-state index is -0.0686. The molecule has 0 unspecified atom stereocenters. The van der Waals surface area contributed by atoms with Gasteiger partial charge in [0.25, 0.3) is 0 Å². The summed E-state index contributed by atoms with van der Waals surface area (Å²) in [7, 11) is 0. The molecule has 0 aliphatic carbocycles. The highest BCUT2D eigenvalue weighted by Crippen LogP contribution is 2.56. The summed E-state index contributed by atoms with van der Waals surface area (Å²) >= 11 is 0. The van der Waals surface area contributed by atoms with Crippen LogP contribution in [0, 0.1) is 0 Å². The van der Waals surface area contributed by atoms with E-state index in [2.05, 4.69) is 336 Å². The normalized spacial score (nSPS) is 13.4. The van der Waals surface area contributed by atoms with E-state index in [9.17, 15) is 0 Å². The predicted molar refractivity (Wildman–Crippen MR) is 426 cm³/mol. The maximum atomic E-state index is 2.77. The summed E-state index contributed by atoms with van der Waals surface area (Å²) in [4.78, 5) is 5.22. The monoisotopic (exact) mass is 1260 g/mol. The Balaban J connectivity index is 1.06. The average molecular weight is 1260 g/mol. The van der Waals surface area contributed by atoms with Crippen LogP contribution in [-0.2, 0) is 0 Å². The molecule has 18 rings (SSSR count). The molecule has 0 atom stereocenters. The van der Waals surface area contributed by atoms with E-state index in [1.165, 1.54) is 199 Å². The fourth-order valence-corrected chi connectivity index (χ4v) is 18.3. The Morgan fingerprint density at radius 1 is 0.235 bits per heavy atom. The first-order chi connectivity index (χ1) is 47.7. The van der Waals surface area contributed by atoms with Crippen molar-refractivity contribution in [3.05, 3.63) is 276 Å². The van der Waals surface area contributed by atoms with Crippen LogP contribution in [0.15, 0.2) is 243 Å². The first-order valence-electron chi connectivity index (χ1n) is 36.2. The van der Waals surface area contributed by atoms with E-state index in [4.69, 9.17) is 0 Å². The summed E-state index contributed by atoms with van der Waals surface area (Å²) in [5, 5.41) is 8.27. The van der Waals surface area contributed by atoms with Crippen molar-refractivity contribution >= 4 is 113 Å². The van der Waals surface area contributed by atoms with Gasteiger partial charge in [-0.25, -0.2) is 0 Å². The van der Waals surface area contributed by atoms with Gasteiger partial charge in [0.15, 0.2) is 0 Å². The highest BCUT2D eigenvalue weighted by Gasteiger charge is 2.46. The van der Waals surface area contributed by atoms with Crippen LogP contribution in [0.3, 0.4) is 0 Å². The van der Waals surface area contributed by atoms with E-state index in [0.29, 0.717) is 11.8 Å². The van der Waals surface area contributed by atoms with Crippen molar-refractivity contribution < 1.29 is 0 Å². The van der Waals surface area contributed by atoms with Crippen molar-refractivity contribution in [1.82, 2.24) is 0 Å². The molecule has 4 heterocycles. The number of anilines is 6. The van der Waals surface area contributed by atoms with Gasteiger partial charge in [0.05, 0.1) is 11.4 Å². The number of fused-ring (bicyclic) bond motifs is 8. The van der Waals surface area contributed by atoms with Gasteiger partial charge in [-0.2, -0.15) is 0 Å². The Labute approximate surface area is 580 Å². The number of nitrogens with zero attached hydrogens (tertiary/aromatic N) is 2. The lowest BCUT2D eigenvalue weighted by Gasteiger charge is -2.43. The van der Waals surface area contributed by atoms with Gasteiger partial charge in [-0.1, -0.05) is 288 Å². The fourth-order valence-electron chi connectivity index (χ4n) is 18.3. The maximum Gasteiger partial charge on any atom is 0.248 e. The maximum absolute atomic E-state index is 2.77. The van der Waals surface area contributed by atoms with E-state index in [1.807, 2.05) is 0 Å². The molecular formula is C94H82B2N2. The Morgan fingerprint density at radius 3 is 0.908 bits per heavy atom. The van der Waals surface area contributed by atoms with Crippen molar-refractivity contribution in [1.29, 1.82) is 0 Å². The zero-order valence-corrected chi connectivity index (χ0v) is 58.6. The molecule has 0 spiro atoms. The Morgan fingerprint density at radius 2 is 0.551 bits per heavy atom. The molecule has 0 saturated carbocycles. The molecule has 14 aromatic carbocycles.